The van der Waals surface area contributed by atoms with E-state index in [0.29, 0.717) is 0 Å². The van der Waals surface area contributed by atoms with Gasteiger partial charge in [-0.15, -0.1) is 0 Å². The van der Waals surface area contributed by atoms with E-state index in [4.69, 9.17) is 18.6 Å². The molecule has 0 aliphatic rings. The number of ether oxygens (including phenoxy) is 3. The van der Waals surface area contributed by atoms with Gasteiger partial charge in [-0.3, -0.25) is 14.9 Å². The lowest BCUT2D eigenvalue weighted by molar-refractivity contribution is -0.385. The van der Waals surface area contributed by atoms with E-state index in [2.05, 4.69) is 0 Å². The van der Waals surface area contributed by atoms with Crippen LogP contribution >= 0.6 is 0 Å². The Morgan fingerprint density at radius 2 is 1.92 bits per heavy atom. The average Bonchev–Trinajstić information content (AvgIpc) is 3.16. The Morgan fingerprint density at radius 3 is 2.46 bits per heavy atom. The first-order chi connectivity index (χ1) is 12.5. The molecule has 26 heavy (non-hydrogen) atoms. The van der Waals surface area contributed by atoms with Crippen molar-refractivity contribution in [1.29, 1.82) is 0 Å². The Labute approximate surface area is 150 Å². The zero-order chi connectivity index (χ0) is 19.1. The minimum absolute atomic E-state index is 0.0905. The van der Waals surface area contributed by atoms with Crippen LogP contribution in [-0.2, 0) is 11.3 Å². The number of benzene rings is 1. The SMILES string of the molecule is COCCN(Cc1ccoc1)C(=O)c1cc(OC)c(OC)cc1[N+](=O)[O-]. The summed E-state index contributed by atoms with van der Waals surface area (Å²) in [4.78, 5) is 25.3. The maximum atomic E-state index is 13.0. The van der Waals surface area contributed by atoms with E-state index < -0.39 is 10.8 Å². The van der Waals surface area contributed by atoms with Gasteiger partial charge in [0.15, 0.2) is 11.5 Å². The van der Waals surface area contributed by atoms with Gasteiger partial charge in [-0.1, -0.05) is 0 Å². The smallest absolute Gasteiger partial charge is 0.286 e. The lowest BCUT2D eigenvalue weighted by atomic mass is 10.1. The predicted molar refractivity (Wildman–Crippen MR) is 91.5 cm³/mol. The highest BCUT2D eigenvalue weighted by atomic mass is 16.6. The van der Waals surface area contributed by atoms with Crippen LogP contribution < -0.4 is 9.47 Å². The predicted octanol–water partition coefficient (Wildman–Crippen LogP) is 2.49. The Hall–Kier alpha value is -3.07. The molecule has 1 heterocycles. The third-order valence-electron chi connectivity index (χ3n) is 3.74. The van der Waals surface area contributed by atoms with Gasteiger partial charge in [0.2, 0.25) is 0 Å². The Bertz CT molecular complexity index is 759. The minimum atomic E-state index is -0.623. The molecule has 0 saturated carbocycles. The average molecular weight is 364 g/mol. The van der Waals surface area contributed by atoms with Gasteiger partial charge in [0.1, 0.15) is 5.56 Å². The van der Waals surface area contributed by atoms with Crippen molar-refractivity contribution in [3.63, 3.8) is 0 Å². The molecule has 0 radical (unpaired) electrons. The van der Waals surface area contributed by atoms with Crippen LogP contribution in [0.3, 0.4) is 0 Å². The topological polar surface area (TPSA) is 104 Å². The van der Waals surface area contributed by atoms with Crippen molar-refractivity contribution in [3.05, 3.63) is 52.0 Å². The van der Waals surface area contributed by atoms with E-state index >= 15 is 0 Å². The highest BCUT2D eigenvalue weighted by Gasteiger charge is 2.28. The Kier molecular flexibility index (Phi) is 6.56. The monoisotopic (exact) mass is 364 g/mol. The molecule has 0 aliphatic heterocycles. The van der Waals surface area contributed by atoms with Crippen LogP contribution in [0.1, 0.15) is 15.9 Å². The Balaban J connectivity index is 2.43. The number of hydrogen-bond acceptors (Lipinski definition) is 7. The van der Waals surface area contributed by atoms with Gasteiger partial charge in [0.05, 0.1) is 44.3 Å². The van der Waals surface area contributed by atoms with Crippen LogP contribution in [0.25, 0.3) is 0 Å². The zero-order valence-electron chi connectivity index (χ0n) is 14.8. The van der Waals surface area contributed by atoms with Crippen LogP contribution in [-0.4, -0.2) is 50.2 Å². The summed E-state index contributed by atoms with van der Waals surface area (Å²) in [6, 6.07) is 4.21. The van der Waals surface area contributed by atoms with Crippen molar-refractivity contribution in [2.45, 2.75) is 6.54 Å². The molecular formula is C17H20N2O7. The molecule has 0 saturated heterocycles. The molecule has 0 unspecified atom stereocenters. The van der Waals surface area contributed by atoms with Crippen molar-refractivity contribution >= 4 is 11.6 Å². The molecule has 140 valence electrons. The summed E-state index contributed by atoms with van der Waals surface area (Å²) >= 11 is 0. The van der Waals surface area contributed by atoms with Crippen molar-refractivity contribution in [3.8, 4) is 11.5 Å². The molecule has 1 aromatic heterocycles. The quantitative estimate of drug-likeness (QED) is 0.497. The van der Waals surface area contributed by atoms with E-state index in [1.165, 1.54) is 50.9 Å². The summed E-state index contributed by atoms with van der Waals surface area (Å²) in [5.74, 6) is -0.110. The summed E-state index contributed by atoms with van der Waals surface area (Å²) in [7, 11) is 4.28. The number of nitro benzene ring substituents is 1. The molecule has 0 atom stereocenters. The number of furan rings is 1. The second kappa shape index (κ2) is 8.86. The highest BCUT2D eigenvalue weighted by Crippen LogP contribution is 2.35. The number of amides is 1. The van der Waals surface area contributed by atoms with Gasteiger partial charge in [-0.2, -0.15) is 0 Å². The fraction of sp³-hybridized carbons (Fsp3) is 0.353. The highest BCUT2D eigenvalue weighted by molar-refractivity contribution is 5.99. The number of carbonyl (C=O) groups excluding carboxylic acids is 1. The summed E-state index contributed by atoms with van der Waals surface area (Å²) in [6.45, 7) is 0.765. The van der Waals surface area contributed by atoms with E-state index in [9.17, 15) is 14.9 Å². The zero-order valence-corrected chi connectivity index (χ0v) is 14.8. The van der Waals surface area contributed by atoms with E-state index in [0.717, 1.165) is 5.56 Å². The normalized spacial score (nSPS) is 10.4. The molecule has 9 nitrogen and oxygen atoms in total. The van der Waals surface area contributed by atoms with E-state index in [-0.39, 0.29) is 42.4 Å². The number of nitrogens with zero attached hydrogens (tertiary/aromatic N) is 2. The molecule has 9 heteroatoms. The van der Waals surface area contributed by atoms with Crippen molar-refractivity contribution in [2.24, 2.45) is 0 Å². The van der Waals surface area contributed by atoms with Crippen molar-refractivity contribution < 1.29 is 28.3 Å². The number of nitro groups is 1. The summed E-state index contributed by atoms with van der Waals surface area (Å²) in [5.41, 5.74) is 0.312. The molecule has 0 bridgehead atoms. The molecule has 2 aromatic rings. The van der Waals surface area contributed by atoms with Gasteiger partial charge in [0, 0.05) is 31.8 Å². The van der Waals surface area contributed by atoms with Crippen LogP contribution in [0, 0.1) is 10.1 Å². The minimum Gasteiger partial charge on any atom is -0.493 e. The first-order valence-electron chi connectivity index (χ1n) is 7.71. The van der Waals surface area contributed by atoms with Crippen molar-refractivity contribution in [1.82, 2.24) is 4.90 Å². The molecule has 1 aromatic carbocycles. The summed E-state index contributed by atoms with van der Waals surface area (Å²) in [5, 5.41) is 11.4. The summed E-state index contributed by atoms with van der Waals surface area (Å²) < 4.78 is 20.3. The van der Waals surface area contributed by atoms with E-state index in [1.54, 1.807) is 6.07 Å². The summed E-state index contributed by atoms with van der Waals surface area (Å²) in [6.07, 6.45) is 3.00. The second-order valence-corrected chi connectivity index (χ2v) is 5.33. The van der Waals surface area contributed by atoms with E-state index in [1.807, 2.05) is 0 Å². The molecule has 0 N–H and O–H groups in total. The third kappa shape index (κ3) is 4.31. The number of methoxy groups -OCH3 is 3. The fourth-order valence-corrected chi connectivity index (χ4v) is 2.42. The lowest BCUT2D eigenvalue weighted by Gasteiger charge is -2.22. The Morgan fingerprint density at radius 1 is 1.23 bits per heavy atom. The molecular weight excluding hydrogens is 344 g/mol. The lowest BCUT2D eigenvalue weighted by Crippen LogP contribution is -2.33. The van der Waals surface area contributed by atoms with Crippen molar-refractivity contribution in [2.75, 3.05) is 34.5 Å². The van der Waals surface area contributed by atoms with Gasteiger partial charge < -0.3 is 23.5 Å². The maximum absolute atomic E-state index is 13.0. The van der Waals surface area contributed by atoms with Crippen LogP contribution in [0.2, 0.25) is 0 Å². The largest absolute Gasteiger partial charge is 0.493 e. The molecule has 0 spiro atoms. The van der Waals surface area contributed by atoms with Gasteiger partial charge in [-0.25, -0.2) is 0 Å². The van der Waals surface area contributed by atoms with Gasteiger partial charge >= 0.3 is 0 Å². The van der Waals surface area contributed by atoms with Crippen LogP contribution in [0.4, 0.5) is 5.69 Å². The molecule has 0 aliphatic carbocycles. The van der Waals surface area contributed by atoms with Gasteiger partial charge in [0.25, 0.3) is 11.6 Å². The second-order valence-electron chi connectivity index (χ2n) is 5.33. The first-order valence-corrected chi connectivity index (χ1v) is 7.71. The van der Waals surface area contributed by atoms with Crippen LogP contribution in [0.5, 0.6) is 11.5 Å². The number of carbonyl (C=O) groups is 1. The molecule has 0 fully saturated rings. The molecule has 1 amide bonds. The molecule has 2 rings (SSSR count). The third-order valence-corrected chi connectivity index (χ3v) is 3.74. The number of rotatable bonds is 9. The number of hydrogen-bond donors (Lipinski definition) is 0. The maximum Gasteiger partial charge on any atom is 0.286 e. The van der Waals surface area contributed by atoms with Gasteiger partial charge in [-0.05, 0) is 6.07 Å². The standard InChI is InChI=1S/C17H20N2O7/c1-23-7-5-18(10-12-4-6-26-11-12)17(20)13-8-15(24-2)16(25-3)9-14(13)19(21)22/h4,6,8-9,11H,5,7,10H2,1-3H3. The fourth-order valence-electron chi connectivity index (χ4n) is 2.42. The first kappa shape index (κ1) is 19.3. The van der Waals surface area contributed by atoms with Crippen LogP contribution in [0.15, 0.2) is 35.1 Å².